The van der Waals surface area contributed by atoms with Crippen LogP contribution in [0.3, 0.4) is 0 Å². The zero-order chi connectivity index (χ0) is 15.0. The zero-order valence-corrected chi connectivity index (χ0v) is 11.4. The van der Waals surface area contributed by atoms with E-state index in [1.807, 2.05) is 0 Å². The lowest BCUT2D eigenvalue weighted by Gasteiger charge is -2.30. The van der Waals surface area contributed by atoms with Crippen LogP contribution in [0.2, 0.25) is 0 Å². The number of carbonyl (C=O) groups excluding carboxylic acids is 1. The molecule has 0 aromatic heterocycles. The van der Waals surface area contributed by atoms with Crippen LogP contribution in [-0.2, 0) is 27.3 Å². The summed E-state index contributed by atoms with van der Waals surface area (Å²) in [4.78, 5) is 24.9. The highest BCUT2D eigenvalue weighted by Gasteiger charge is 2.37. The second-order valence-electron chi connectivity index (χ2n) is 5.45. The number of nitrogens with zero attached hydrogens (tertiary/aromatic N) is 1. The topological polar surface area (TPSA) is 66.8 Å². The zero-order valence-electron chi connectivity index (χ0n) is 11.4. The minimum Gasteiger partial charge on any atom is -0.479 e. The predicted molar refractivity (Wildman–Crippen MR) is 71.1 cm³/mol. The van der Waals surface area contributed by atoms with Gasteiger partial charge in [-0.15, -0.1) is 0 Å². The Hall–Kier alpha value is -1.95. The van der Waals surface area contributed by atoms with Gasteiger partial charge >= 0.3 is 5.97 Å². The van der Waals surface area contributed by atoms with Crippen molar-refractivity contribution in [1.29, 1.82) is 0 Å². The van der Waals surface area contributed by atoms with E-state index >= 15 is 0 Å². The highest BCUT2D eigenvalue weighted by Crippen LogP contribution is 2.25. The average molecular weight is 293 g/mol. The summed E-state index contributed by atoms with van der Waals surface area (Å²) in [6.45, 7) is 0.901. The summed E-state index contributed by atoms with van der Waals surface area (Å²) < 4.78 is 18.6. The van der Waals surface area contributed by atoms with Crippen LogP contribution in [0.15, 0.2) is 18.2 Å². The summed E-state index contributed by atoms with van der Waals surface area (Å²) in [5.74, 6) is -1.55. The number of amides is 1. The van der Waals surface area contributed by atoms with E-state index in [0.29, 0.717) is 32.4 Å². The molecule has 21 heavy (non-hydrogen) atoms. The molecule has 1 aromatic carbocycles. The molecule has 2 heterocycles. The van der Waals surface area contributed by atoms with Crippen molar-refractivity contribution in [2.45, 2.75) is 38.0 Å². The molecule has 3 rings (SSSR count). The van der Waals surface area contributed by atoms with Crippen molar-refractivity contribution in [2.24, 2.45) is 0 Å². The van der Waals surface area contributed by atoms with Crippen LogP contribution >= 0.6 is 0 Å². The van der Waals surface area contributed by atoms with Gasteiger partial charge in [-0.3, -0.25) is 4.79 Å². The monoisotopic (exact) mass is 293 g/mol. The third-order valence-electron chi connectivity index (χ3n) is 4.06. The summed E-state index contributed by atoms with van der Waals surface area (Å²) in [7, 11) is 0. The fourth-order valence-corrected chi connectivity index (χ4v) is 2.92. The molecule has 1 N–H and O–H groups in total. The lowest BCUT2D eigenvalue weighted by molar-refractivity contribution is -0.155. The molecular weight excluding hydrogens is 277 g/mol. The third kappa shape index (κ3) is 2.76. The van der Waals surface area contributed by atoms with E-state index in [-0.39, 0.29) is 11.7 Å². The van der Waals surface area contributed by atoms with E-state index in [0.717, 1.165) is 11.1 Å². The van der Waals surface area contributed by atoms with Crippen molar-refractivity contribution in [2.75, 3.05) is 6.54 Å². The van der Waals surface area contributed by atoms with Crippen LogP contribution in [0.5, 0.6) is 0 Å². The van der Waals surface area contributed by atoms with E-state index in [2.05, 4.69) is 0 Å². The third-order valence-corrected chi connectivity index (χ3v) is 4.06. The van der Waals surface area contributed by atoms with Crippen LogP contribution in [0.1, 0.15) is 24.0 Å². The summed E-state index contributed by atoms with van der Waals surface area (Å²) in [5.41, 5.74) is 1.86. The molecule has 0 spiro atoms. The summed E-state index contributed by atoms with van der Waals surface area (Å²) in [6, 6.07) is 4.62. The van der Waals surface area contributed by atoms with Gasteiger partial charge in [-0.25, -0.2) is 9.18 Å². The van der Waals surface area contributed by atoms with Gasteiger partial charge in [-0.2, -0.15) is 0 Å². The first-order chi connectivity index (χ1) is 10.0. The van der Waals surface area contributed by atoms with Gasteiger partial charge < -0.3 is 14.7 Å². The highest BCUT2D eigenvalue weighted by molar-refractivity contribution is 5.83. The first-order valence-electron chi connectivity index (χ1n) is 6.99. The number of benzene rings is 1. The first-order valence-corrected chi connectivity index (χ1v) is 6.99. The number of aliphatic carboxylic acids is 1. The number of hydrogen-bond donors (Lipinski definition) is 1. The maximum absolute atomic E-state index is 13.3. The Morgan fingerprint density at radius 2 is 2.00 bits per heavy atom. The summed E-state index contributed by atoms with van der Waals surface area (Å²) in [6.07, 6.45) is -0.140. The second-order valence-corrected chi connectivity index (χ2v) is 5.45. The molecule has 112 valence electrons. The lowest BCUT2D eigenvalue weighted by atomic mass is 9.99. The molecule has 2 aliphatic rings. The highest BCUT2D eigenvalue weighted by atomic mass is 19.1. The maximum atomic E-state index is 13.3. The van der Waals surface area contributed by atoms with Crippen LogP contribution < -0.4 is 0 Å². The Balaban J connectivity index is 1.69. The average Bonchev–Trinajstić information content (AvgIpc) is 2.95. The van der Waals surface area contributed by atoms with Crippen LogP contribution in [0.4, 0.5) is 4.39 Å². The van der Waals surface area contributed by atoms with E-state index in [1.54, 1.807) is 11.0 Å². The van der Waals surface area contributed by atoms with Gasteiger partial charge in [0.05, 0.1) is 0 Å². The van der Waals surface area contributed by atoms with Crippen molar-refractivity contribution in [1.82, 2.24) is 4.90 Å². The quantitative estimate of drug-likeness (QED) is 0.893. The molecule has 0 saturated carbocycles. The van der Waals surface area contributed by atoms with Gasteiger partial charge in [0, 0.05) is 13.1 Å². The van der Waals surface area contributed by atoms with Gasteiger partial charge in [0.25, 0.3) is 5.91 Å². The molecule has 0 unspecified atom stereocenters. The summed E-state index contributed by atoms with van der Waals surface area (Å²) in [5, 5.41) is 8.89. The molecule has 2 atom stereocenters. The lowest BCUT2D eigenvalue weighted by Crippen LogP contribution is -2.42. The standard InChI is InChI=1S/C15H16FNO4/c16-11-2-1-9-5-6-17(8-10(9)7-11)14(18)12-3-4-13(21-12)15(19)20/h1-2,7,12-13H,3-6,8H2,(H,19,20)/t12-,13+/m0/s1. The van der Waals surface area contributed by atoms with Crippen molar-refractivity contribution >= 4 is 11.9 Å². The summed E-state index contributed by atoms with van der Waals surface area (Å²) >= 11 is 0. The minimum atomic E-state index is -1.03. The largest absolute Gasteiger partial charge is 0.479 e. The molecule has 0 radical (unpaired) electrons. The molecule has 0 bridgehead atoms. The van der Waals surface area contributed by atoms with E-state index in [4.69, 9.17) is 9.84 Å². The van der Waals surface area contributed by atoms with Gasteiger partial charge in [0.15, 0.2) is 6.10 Å². The Morgan fingerprint density at radius 3 is 2.71 bits per heavy atom. The van der Waals surface area contributed by atoms with Crippen LogP contribution in [-0.4, -0.2) is 40.6 Å². The first kappa shape index (κ1) is 14.0. The van der Waals surface area contributed by atoms with Crippen molar-refractivity contribution < 1.29 is 23.8 Å². The SMILES string of the molecule is O=C(O)[C@H]1CC[C@@H](C(=O)N2CCc3ccc(F)cc3C2)O1. The fraction of sp³-hybridized carbons (Fsp3) is 0.467. The molecule has 1 fully saturated rings. The molecular formula is C15H16FNO4. The molecule has 5 nitrogen and oxygen atoms in total. The molecule has 6 heteroatoms. The number of fused-ring (bicyclic) bond motifs is 1. The predicted octanol–water partition coefficient (Wildman–Crippen LogP) is 1.34. The van der Waals surface area contributed by atoms with Gasteiger partial charge in [0.2, 0.25) is 0 Å². The van der Waals surface area contributed by atoms with E-state index < -0.39 is 18.2 Å². The Bertz CT molecular complexity index is 589. The van der Waals surface area contributed by atoms with Crippen LogP contribution in [0, 0.1) is 5.82 Å². The Kier molecular flexibility index (Phi) is 3.63. The Labute approximate surface area is 121 Å². The smallest absolute Gasteiger partial charge is 0.332 e. The number of ether oxygens (including phenoxy) is 1. The van der Waals surface area contributed by atoms with Crippen molar-refractivity contribution in [3.63, 3.8) is 0 Å². The normalized spacial score (nSPS) is 24.7. The molecule has 1 aromatic rings. The maximum Gasteiger partial charge on any atom is 0.332 e. The minimum absolute atomic E-state index is 0.200. The van der Waals surface area contributed by atoms with Gasteiger partial charge in [-0.1, -0.05) is 6.07 Å². The molecule has 2 aliphatic heterocycles. The van der Waals surface area contributed by atoms with Crippen LogP contribution in [0.25, 0.3) is 0 Å². The van der Waals surface area contributed by atoms with E-state index in [1.165, 1.54) is 12.1 Å². The number of halogens is 1. The number of carbonyl (C=O) groups is 2. The number of rotatable bonds is 2. The fourth-order valence-electron chi connectivity index (χ4n) is 2.92. The molecule has 0 aliphatic carbocycles. The van der Waals surface area contributed by atoms with Gasteiger partial charge in [-0.05, 0) is 42.5 Å². The second kappa shape index (κ2) is 5.44. The Morgan fingerprint density at radius 1 is 1.24 bits per heavy atom. The number of carboxylic acids is 1. The van der Waals surface area contributed by atoms with E-state index in [9.17, 15) is 14.0 Å². The van der Waals surface area contributed by atoms with Gasteiger partial charge in [0.1, 0.15) is 11.9 Å². The molecule has 1 amide bonds. The van der Waals surface area contributed by atoms with Crippen molar-refractivity contribution in [3.05, 3.63) is 35.1 Å². The number of carboxylic acid groups (broad SMARTS) is 1. The van der Waals surface area contributed by atoms with Crippen molar-refractivity contribution in [3.8, 4) is 0 Å². The number of hydrogen-bond acceptors (Lipinski definition) is 3. The molecule has 1 saturated heterocycles.